The van der Waals surface area contributed by atoms with Gasteiger partial charge in [-0.2, -0.15) is 0 Å². The van der Waals surface area contributed by atoms with Crippen LogP contribution in [-0.4, -0.2) is 14.5 Å². The topological polar surface area (TPSA) is 47.8 Å². The van der Waals surface area contributed by atoms with Crippen molar-refractivity contribution in [2.45, 2.75) is 33.2 Å². The smallest absolute Gasteiger partial charge is 0.261 e. The quantitative estimate of drug-likeness (QED) is 0.715. The van der Waals surface area contributed by atoms with E-state index in [1.165, 1.54) is 0 Å². The Bertz CT molecular complexity index is 1020. The van der Waals surface area contributed by atoms with Crippen molar-refractivity contribution in [1.29, 1.82) is 0 Å². The van der Waals surface area contributed by atoms with Gasteiger partial charge in [0.05, 0.1) is 16.6 Å². The summed E-state index contributed by atoms with van der Waals surface area (Å²) >= 11 is 0. The molecule has 0 fully saturated rings. The molecule has 4 nitrogen and oxygen atoms in total. The summed E-state index contributed by atoms with van der Waals surface area (Å²) in [5, 5.41) is 0.693. The molecule has 0 spiro atoms. The molecular weight excluding hydrogens is 310 g/mol. The van der Waals surface area contributed by atoms with Crippen LogP contribution in [0.1, 0.15) is 37.4 Å². The fourth-order valence-corrected chi connectivity index (χ4v) is 3.34. The normalized spacial score (nSPS) is 16.2. The van der Waals surface area contributed by atoms with Gasteiger partial charge in [-0.1, -0.05) is 32.1 Å². The zero-order valence-corrected chi connectivity index (χ0v) is 14.6. The number of benzene rings is 1. The van der Waals surface area contributed by atoms with E-state index in [-0.39, 0.29) is 11.0 Å². The Labute approximate surface area is 146 Å². The molecule has 3 heterocycles. The molecule has 1 aromatic carbocycles. The summed E-state index contributed by atoms with van der Waals surface area (Å²) in [6, 6.07) is 11.7. The highest BCUT2D eigenvalue weighted by Crippen LogP contribution is 2.30. The third-order valence-electron chi connectivity index (χ3n) is 4.84. The van der Waals surface area contributed by atoms with E-state index >= 15 is 0 Å². The van der Waals surface area contributed by atoms with E-state index in [4.69, 9.17) is 4.98 Å². The van der Waals surface area contributed by atoms with Gasteiger partial charge in [0.2, 0.25) is 0 Å². The van der Waals surface area contributed by atoms with Crippen molar-refractivity contribution in [1.82, 2.24) is 14.5 Å². The van der Waals surface area contributed by atoms with Gasteiger partial charge in [-0.05, 0) is 47.7 Å². The second-order valence-corrected chi connectivity index (χ2v) is 7.44. The van der Waals surface area contributed by atoms with Crippen LogP contribution >= 0.6 is 0 Å². The highest BCUT2D eigenvalue weighted by Gasteiger charge is 2.27. The van der Waals surface area contributed by atoms with Crippen molar-refractivity contribution >= 4 is 23.1 Å². The molecule has 2 aromatic heterocycles. The number of fused-ring (bicyclic) bond motifs is 2. The fourth-order valence-electron chi connectivity index (χ4n) is 3.34. The van der Waals surface area contributed by atoms with Crippen molar-refractivity contribution in [2.24, 2.45) is 5.41 Å². The van der Waals surface area contributed by atoms with Crippen molar-refractivity contribution in [2.75, 3.05) is 0 Å². The lowest BCUT2D eigenvalue weighted by molar-refractivity contribution is 0.261. The first-order chi connectivity index (χ1) is 12.0. The van der Waals surface area contributed by atoms with Gasteiger partial charge < -0.3 is 0 Å². The van der Waals surface area contributed by atoms with E-state index in [1.807, 2.05) is 53.1 Å². The standard InChI is InChI=1S/C21H21N3O/c1-21(2)10-12-24-19(14-21)23-18-13-15(7-9-17(18)20(24)25)6-8-16-5-3-4-11-22-16/h3-9,11,13H,10,12,14H2,1-2H3/b8-6+. The Hall–Kier alpha value is -2.75. The first kappa shape index (κ1) is 15.8. The van der Waals surface area contributed by atoms with Crippen LogP contribution in [0.25, 0.3) is 23.1 Å². The summed E-state index contributed by atoms with van der Waals surface area (Å²) in [6.45, 7) is 5.23. The molecule has 0 atom stereocenters. The molecular formula is C21H21N3O. The van der Waals surface area contributed by atoms with Crippen LogP contribution in [0.2, 0.25) is 0 Å². The van der Waals surface area contributed by atoms with Gasteiger partial charge in [0.1, 0.15) is 5.82 Å². The minimum atomic E-state index is 0.0794. The lowest BCUT2D eigenvalue weighted by atomic mass is 9.83. The summed E-state index contributed by atoms with van der Waals surface area (Å²) in [6.07, 6.45) is 7.60. The average molecular weight is 331 g/mol. The molecule has 1 aliphatic heterocycles. The van der Waals surface area contributed by atoms with Crippen LogP contribution in [0.15, 0.2) is 47.4 Å². The zero-order chi connectivity index (χ0) is 17.4. The van der Waals surface area contributed by atoms with Crippen molar-refractivity contribution in [3.05, 3.63) is 70.0 Å². The maximum absolute atomic E-state index is 12.8. The third-order valence-corrected chi connectivity index (χ3v) is 4.84. The first-order valence-electron chi connectivity index (χ1n) is 8.64. The van der Waals surface area contributed by atoms with Gasteiger partial charge in [0.15, 0.2) is 0 Å². The number of hydrogen-bond acceptors (Lipinski definition) is 3. The van der Waals surface area contributed by atoms with Crippen molar-refractivity contribution in [3.8, 4) is 0 Å². The van der Waals surface area contributed by atoms with Gasteiger partial charge in [-0.15, -0.1) is 0 Å². The Morgan fingerprint density at radius 1 is 1.16 bits per heavy atom. The molecule has 0 bridgehead atoms. The predicted molar refractivity (Wildman–Crippen MR) is 101 cm³/mol. The van der Waals surface area contributed by atoms with E-state index in [9.17, 15) is 4.79 Å². The molecule has 0 aliphatic carbocycles. The van der Waals surface area contributed by atoms with Crippen LogP contribution < -0.4 is 5.56 Å². The summed E-state index contributed by atoms with van der Waals surface area (Å²) in [5.41, 5.74) is 2.98. The molecule has 126 valence electrons. The Balaban J connectivity index is 1.76. The number of rotatable bonds is 2. The number of hydrogen-bond donors (Lipinski definition) is 0. The second kappa shape index (κ2) is 5.96. The Morgan fingerprint density at radius 3 is 2.84 bits per heavy atom. The van der Waals surface area contributed by atoms with E-state index in [1.54, 1.807) is 6.20 Å². The summed E-state index contributed by atoms with van der Waals surface area (Å²) in [7, 11) is 0. The van der Waals surface area contributed by atoms with Gasteiger partial charge in [-0.3, -0.25) is 14.3 Å². The van der Waals surface area contributed by atoms with Gasteiger partial charge in [0.25, 0.3) is 5.56 Å². The largest absolute Gasteiger partial charge is 0.296 e. The average Bonchev–Trinajstić information content (AvgIpc) is 2.60. The van der Waals surface area contributed by atoms with Crippen molar-refractivity contribution in [3.63, 3.8) is 0 Å². The number of nitrogens with zero attached hydrogens (tertiary/aromatic N) is 3. The molecule has 0 N–H and O–H groups in total. The summed E-state index contributed by atoms with van der Waals surface area (Å²) in [4.78, 5) is 21.9. The maximum Gasteiger partial charge on any atom is 0.261 e. The van der Waals surface area contributed by atoms with Crippen LogP contribution in [0.4, 0.5) is 0 Å². The minimum absolute atomic E-state index is 0.0794. The van der Waals surface area contributed by atoms with Gasteiger partial charge in [0, 0.05) is 19.2 Å². The molecule has 0 amide bonds. The lowest BCUT2D eigenvalue weighted by Gasteiger charge is -2.31. The molecule has 0 saturated carbocycles. The fraction of sp³-hybridized carbons (Fsp3) is 0.286. The highest BCUT2D eigenvalue weighted by molar-refractivity contribution is 5.82. The van der Waals surface area contributed by atoms with Crippen LogP contribution in [0.5, 0.6) is 0 Å². The molecule has 0 unspecified atom stereocenters. The van der Waals surface area contributed by atoms with Crippen LogP contribution in [0, 0.1) is 5.41 Å². The summed E-state index contributed by atoms with van der Waals surface area (Å²) in [5.74, 6) is 0.902. The molecule has 25 heavy (non-hydrogen) atoms. The van der Waals surface area contributed by atoms with E-state index in [0.29, 0.717) is 5.39 Å². The SMILES string of the molecule is CC1(C)CCn2c(nc3cc(/C=C/c4ccccn4)ccc3c2=O)C1. The first-order valence-corrected chi connectivity index (χ1v) is 8.64. The molecule has 3 aromatic rings. The van der Waals surface area contributed by atoms with Crippen LogP contribution in [0.3, 0.4) is 0 Å². The number of aromatic nitrogens is 3. The summed E-state index contributed by atoms with van der Waals surface area (Å²) < 4.78 is 1.84. The van der Waals surface area contributed by atoms with Crippen LogP contribution in [-0.2, 0) is 13.0 Å². The third kappa shape index (κ3) is 3.12. The van der Waals surface area contributed by atoms with E-state index in [0.717, 1.165) is 42.0 Å². The van der Waals surface area contributed by atoms with Crippen molar-refractivity contribution < 1.29 is 0 Å². The van der Waals surface area contributed by atoms with Gasteiger partial charge >= 0.3 is 0 Å². The molecule has 0 saturated heterocycles. The second-order valence-electron chi connectivity index (χ2n) is 7.44. The molecule has 4 rings (SSSR count). The van der Waals surface area contributed by atoms with Gasteiger partial charge in [-0.25, -0.2) is 4.98 Å². The lowest BCUT2D eigenvalue weighted by Crippen LogP contribution is -2.35. The number of pyridine rings is 1. The van der Waals surface area contributed by atoms with E-state index in [2.05, 4.69) is 18.8 Å². The highest BCUT2D eigenvalue weighted by atomic mass is 16.1. The Morgan fingerprint density at radius 2 is 2.04 bits per heavy atom. The minimum Gasteiger partial charge on any atom is -0.296 e. The zero-order valence-electron chi connectivity index (χ0n) is 14.6. The Kier molecular flexibility index (Phi) is 3.75. The predicted octanol–water partition coefficient (Wildman–Crippen LogP) is 3.93. The monoisotopic (exact) mass is 331 g/mol. The molecule has 0 radical (unpaired) electrons. The van der Waals surface area contributed by atoms with E-state index < -0.39 is 0 Å². The molecule has 4 heteroatoms. The maximum atomic E-state index is 12.8. The molecule has 1 aliphatic rings.